The van der Waals surface area contributed by atoms with E-state index in [0.29, 0.717) is 17.9 Å². The number of nitrogens with zero attached hydrogens (tertiary/aromatic N) is 1. The minimum Gasteiger partial charge on any atom is -0.491 e. The number of morpholine rings is 1. The molecule has 2 N–H and O–H groups in total. The molecule has 162 valence electrons. The van der Waals surface area contributed by atoms with Crippen molar-refractivity contribution in [2.45, 2.75) is 64.4 Å². The first-order valence-corrected chi connectivity index (χ1v) is 9.67. The lowest BCUT2D eigenvalue weighted by Crippen LogP contribution is -2.55. The predicted molar refractivity (Wildman–Crippen MR) is 107 cm³/mol. The first-order valence-electron chi connectivity index (χ1n) is 9.67. The summed E-state index contributed by atoms with van der Waals surface area (Å²) in [5, 5.41) is 20.2. The average Bonchev–Trinajstić information content (AvgIpc) is 2.59. The predicted octanol–water partition coefficient (Wildman–Crippen LogP) is 1.66. The van der Waals surface area contributed by atoms with Crippen LogP contribution >= 0.6 is 0 Å². The number of ether oxygens (including phenoxy) is 3. The van der Waals surface area contributed by atoms with E-state index in [1.54, 1.807) is 58.9 Å². The summed E-state index contributed by atoms with van der Waals surface area (Å²) in [4.78, 5) is 26.6. The lowest BCUT2D eigenvalue weighted by Gasteiger charge is -2.35. The molecule has 1 amide bonds. The molecule has 8 heteroatoms. The minimum absolute atomic E-state index is 0.147. The summed E-state index contributed by atoms with van der Waals surface area (Å²) in [7, 11) is 0. The van der Waals surface area contributed by atoms with Gasteiger partial charge >= 0.3 is 5.97 Å². The van der Waals surface area contributed by atoms with Crippen molar-refractivity contribution in [1.82, 2.24) is 0 Å². The van der Waals surface area contributed by atoms with E-state index in [4.69, 9.17) is 14.2 Å². The quantitative estimate of drug-likeness (QED) is 0.660. The topological polar surface area (TPSA) is 106 Å². The first-order chi connectivity index (χ1) is 13.4. The van der Waals surface area contributed by atoms with Gasteiger partial charge in [-0.3, -0.25) is 4.79 Å². The lowest BCUT2D eigenvalue weighted by molar-refractivity contribution is -0.177. The molecule has 1 aliphatic rings. The van der Waals surface area contributed by atoms with Gasteiger partial charge in [0.15, 0.2) is 12.2 Å². The maximum atomic E-state index is 13.0. The van der Waals surface area contributed by atoms with Crippen molar-refractivity contribution in [3.63, 3.8) is 0 Å². The molecule has 0 aromatic heterocycles. The Bertz CT molecular complexity index is 720. The van der Waals surface area contributed by atoms with Gasteiger partial charge in [0.2, 0.25) is 0 Å². The number of carbonyl (C=O) groups is 2. The Balaban J connectivity index is 2.15. The molecule has 0 unspecified atom stereocenters. The molecule has 8 nitrogen and oxygen atoms in total. The van der Waals surface area contributed by atoms with Crippen LogP contribution in [0, 0.1) is 0 Å². The Morgan fingerprint density at radius 2 is 1.93 bits per heavy atom. The molecule has 0 saturated carbocycles. The second kappa shape index (κ2) is 9.11. The van der Waals surface area contributed by atoms with Gasteiger partial charge in [-0.25, -0.2) is 4.79 Å². The molecule has 1 saturated heterocycles. The van der Waals surface area contributed by atoms with Crippen molar-refractivity contribution >= 4 is 17.6 Å². The van der Waals surface area contributed by atoms with E-state index in [9.17, 15) is 19.8 Å². The van der Waals surface area contributed by atoms with Crippen molar-refractivity contribution in [1.29, 1.82) is 0 Å². The highest BCUT2D eigenvalue weighted by Gasteiger charge is 2.41. The second-order valence-electron chi connectivity index (χ2n) is 8.64. The highest BCUT2D eigenvalue weighted by molar-refractivity contribution is 6.01. The minimum atomic E-state index is -1.73. The molecule has 0 aliphatic carbocycles. The Morgan fingerprint density at radius 1 is 1.28 bits per heavy atom. The van der Waals surface area contributed by atoms with Gasteiger partial charge in [0.25, 0.3) is 5.91 Å². The van der Waals surface area contributed by atoms with Gasteiger partial charge in [-0.1, -0.05) is 12.1 Å². The van der Waals surface area contributed by atoms with Gasteiger partial charge in [-0.05, 0) is 46.8 Å². The van der Waals surface area contributed by atoms with Gasteiger partial charge in [0, 0.05) is 13.0 Å². The SMILES string of the molecule is CC(C)(O)CCOc1ccccc1N1CCO[C@H]([C@@H](O)C(=O)OC(C)(C)C)C1=O. The lowest BCUT2D eigenvalue weighted by atomic mass is 10.1. The van der Waals surface area contributed by atoms with Crippen LogP contribution in [0.1, 0.15) is 41.0 Å². The summed E-state index contributed by atoms with van der Waals surface area (Å²) in [5.74, 6) is -0.988. The van der Waals surface area contributed by atoms with Gasteiger partial charge in [0.05, 0.1) is 24.5 Å². The Labute approximate surface area is 171 Å². The van der Waals surface area contributed by atoms with Crippen molar-refractivity contribution < 1.29 is 34.0 Å². The van der Waals surface area contributed by atoms with Crippen LogP contribution < -0.4 is 9.64 Å². The molecule has 2 atom stereocenters. The standard InChI is InChI=1S/C21H31NO7/c1-20(2,3)29-19(25)16(23)17-18(24)22(11-13-28-17)14-8-6-7-9-15(14)27-12-10-21(4,5)26/h6-9,16-17,23,26H,10-13H2,1-5H3/t16-,17-/m1/s1. The molecule has 1 aromatic rings. The summed E-state index contributed by atoms with van der Waals surface area (Å²) in [6.45, 7) is 9.07. The van der Waals surface area contributed by atoms with E-state index in [2.05, 4.69) is 0 Å². The molecule has 0 bridgehead atoms. The zero-order valence-electron chi connectivity index (χ0n) is 17.7. The van der Waals surface area contributed by atoms with Gasteiger partial charge in [-0.15, -0.1) is 0 Å². The number of anilines is 1. The van der Waals surface area contributed by atoms with Crippen LogP contribution in [-0.2, 0) is 19.1 Å². The van der Waals surface area contributed by atoms with E-state index >= 15 is 0 Å². The normalized spacial score (nSPS) is 19.1. The summed E-state index contributed by atoms with van der Waals surface area (Å²) in [5.41, 5.74) is -1.15. The number of benzene rings is 1. The first kappa shape index (κ1) is 23.1. The number of hydrogen-bond acceptors (Lipinski definition) is 7. The Morgan fingerprint density at radius 3 is 2.55 bits per heavy atom. The third-order valence-electron chi connectivity index (χ3n) is 4.18. The average molecular weight is 409 g/mol. The maximum absolute atomic E-state index is 13.0. The van der Waals surface area contributed by atoms with E-state index in [1.165, 1.54) is 4.90 Å². The second-order valence-corrected chi connectivity index (χ2v) is 8.64. The van der Waals surface area contributed by atoms with E-state index in [-0.39, 0.29) is 19.8 Å². The fraction of sp³-hybridized carbons (Fsp3) is 0.619. The van der Waals surface area contributed by atoms with E-state index in [1.807, 2.05) is 0 Å². The molecule has 0 spiro atoms. The van der Waals surface area contributed by atoms with Crippen LogP contribution in [0.5, 0.6) is 5.75 Å². The van der Waals surface area contributed by atoms with Crippen LogP contribution in [0.4, 0.5) is 5.69 Å². The zero-order valence-corrected chi connectivity index (χ0v) is 17.7. The zero-order chi connectivity index (χ0) is 21.8. The smallest absolute Gasteiger partial charge is 0.338 e. The van der Waals surface area contributed by atoms with Crippen molar-refractivity contribution in [3.8, 4) is 5.75 Å². The molecule has 1 aromatic carbocycles. The third kappa shape index (κ3) is 6.69. The van der Waals surface area contributed by atoms with Crippen molar-refractivity contribution in [2.75, 3.05) is 24.7 Å². The molecule has 2 rings (SSSR count). The largest absolute Gasteiger partial charge is 0.491 e. The number of esters is 1. The van der Waals surface area contributed by atoms with Crippen molar-refractivity contribution in [2.24, 2.45) is 0 Å². The number of carbonyl (C=O) groups excluding carboxylic acids is 2. The number of hydrogen-bond donors (Lipinski definition) is 2. The molecule has 1 heterocycles. The van der Waals surface area contributed by atoms with E-state index in [0.717, 1.165) is 0 Å². The third-order valence-corrected chi connectivity index (χ3v) is 4.18. The summed E-state index contributed by atoms with van der Waals surface area (Å²) in [6, 6.07) is 6.99. The van der Waals surface area contributed by atoms with Gasteiger partial charge in [-0.2, -0.15) is 0 Å². The van der Waals surface area contributed by atoms with Crippen molar-refractivity contribution in [3.05, 3.63) is 24.3 Å². The number of para-hydroxylation sites is 2. The number of aliphatic hydroxyl groups excluding tert-OH is 1. The molecule has 29 heavy (non-hydrogen) atoms. The van der Waals surface area contributed by atoms with Crippen LogP contribution in [0.25, 0.3) is 0 Å². The molecule has 1 aliphatic heterocycles. The highest BCUT2D eigenvalue weighted by Crippen LogP contribution is 2.31. The van der Waals surface area contributed by atoms with Crippen LogP contribution in [0.3, 0.4) is 0 Å². The molecule has 0 radical (unpaired) electrons. The number of aliphatic hydroxyl groups is 2. The summed E-state index contributed by atoms with van der Waals surface area (Å²) in [6.07, 6.45) is -2.67. The Kier molecular flexibility index (Phi) is 7.26. The Hall–Kier alpha value is -2.16. The maximum Gasteiger partial charge on any atom is 0.338 e. The molecular weight excluding hydrogens is 378 g/mol. The van der Waals surface area contributed by atoms with E-state index < -0.39 is 35.3 Å². The summed E-state index contributed by atoms with van der Waals surface area (Å²) < 4.78 is 16.3. The molecular formula is C21H31NO7. The summed E-state index contributed by atoms with van der Waals surface area (Å²) >= 11 is 0. The van der Waals surface area contributed by atoms with Crippen LogP contribution in [0.15, 0.2) is 24.3 Å². The van der Waals surface area contributed by atoms with Gasteiger partial charge in [0.1, 0.15) is 11.4 Å². The van der Waals surface area contributed by atoms with Crippen LogP contribution in [0.2, 0.25) is 0 Å². The number of amides is 1. The fourth-order valence-corrected chi connectivity index (χ4v) is 2.77. The van der Waals surface area contributed by atoms with Crippen LogP contribution in [-0.4, -0.2) is 65.3 Å². The van der Waals surface area contributed by atoms with Gasteiger partial charge < -0.3 is 29.3 Å². The highest BCUT2D eigenvalue weighted by atomic mass is 16.6. The number of rotatable bonds is 7. The molecule has 1 fully saturated rings. The fourth-order valence-electron chi connectivity index (χ4n) is 2.77. The monoisotopic (exact) mass is 409 g/mol.